The normalized spacial score (nSPS) is 26.7. The maximum Gasteiger partial charge on any atom is 0.0701 e. The standard InChI is InChI=1S/C16H25BrN2S/c1-12(2)14-9-18-16(7-3-4-8-16)11-19(14)10-13-5-6-15(17)20-13/h5-6,12,14,18H,3-4,7-11H2,1-2H3. The van der Waals surface area contributed by atoms with E-state index in [0.29, 0.717) is 17.5 Å². The molecule has 1 aromatic heterocycles. The van der Waals surface area contributed by atoms with E-state index in [1.807, 2.05) is 11.3 Å². The maximum atomic E-state index is 3.90. The lowest BCUT2D eigenvalue weighted by molar-refractivity contribution is 0.0515. The SMILES string of the molecule is CC(C)C1CNC2(CCCC2)CN1Cc1ccc(Br)s1. The van der Waals surface area contributed by atoms with Crippen LogP contribution in [0.5, 0.6) is 0 Å². The summed E-state index contributed by atoms with van der Waals surface area (Å²) in [6.45, 7) is 8.21. The van der Waals surface area contributed by atoms with Gasteiger partial charge in [-0.2, -0.15) is 0 Å². The highest BCUT2D eigenvalue weighted by atomic mass is 79.9. The first-order valence-corrected chi connectivity index (χ1v) is 9.42. The fourth-order valence-electron chi connectivity index (χ4n) is 3.87. The number of nitrogens with one attached hydrogen (secondary N) is 1. The molecule has 3 rings (SSSR count). The van der Waals surface area contributed by atoms with Crippen molar-refractivity contribution in [1.29, 1.82) is 0 Å². The average Bonchev–Trinajstić information content (AvgIpc) is 2.99. The lowest BCUT2D eigenvalue weighted by atomic mass is 9.89. The topological polar surface area (TPSA) is 15.3 Å². The number of halogens is 1. The Kier molecular flexibility index (Phi) is 4.56. The van der Waals surface area contributed by atoms with Gasteiger partial charge in [0, 0.05) is 36.1 Å². The molecule has 0 aromatic carbocycles. The van der Waals surface area contributed by atoms with Crippen LogP contribution in [0.2, 0.25) is 0 Å². The first kappa shape index (κ1) is 15.0. The van der Waals surface area contributed by atoms with Crippen LogP contribution in [0.3, 0.4) is 0 Å². The highest BCUT2D eigenvalue weighted by molar-refractivity contribution is 9.11. The van der Waals surface area contributed by atoms with Gasteiger partial charge in [-0.3, -0.25) is 4.90 Å². The van der Waals surface area contributed by atoms with Gasteiger partial charge in [-0.1, -0.05) is 26.7 Å². The van der Waals surface area contributed by atoms with Crippen molar-refractivity contribution in [1.82, 2.24) is 10.2 Å². The molecule has 20 heavy (non-hydrogen) atoms. The van der Waals surface area contributed by atoms with Gasteiger partial charge in [-0.05, 0) is 46.8 Å². The van der Waals surface area contributed by atoms with Crippen LogP contribution in [0, 0.1) is 5.92 Å². The van der Waals surface area contributed by atoms with Crippen LogP contribution in [-0.2, 0) is 6.54 Å². The van der Waals surface area contributed by atoms with Crippen LogP contribution >= 0.6 is 27.3 Å². The van der Waals surface area contributed by atoms with Crippen LogP contribution in [0.25, 0.3) is 0 Å². The average molecular weight is 357 g/mol. The molecule has 2 nitrogen and oxygen atoms in total. The van der Waals surface area contributed by atoms with E-state index in [0.717, 1.165) is 13.1 Å². The van der Waals surface area contributed by atoms with Crippen molar-refractivity contribution in [3.05, 3.63) is 20.8 Å². The zero-order chi connectivity index (χ0) is 14.2. The maximum absolute atomic E-state index is 3.90. The molecular formula is C16H25BrN2S. The van der Waals surface area contributed by atoms with E-state index in [1.165, 1.54) is 40.9 Å². The summed E-state index contributed by atoms with van der Waals surface area (Å²) in [5.41, 5.74) is 0.417. The van der Waals surface area contributed by atoms with Gasteiger partial charge in [0.2, 0.25) is 0 Å². The van der Waals surface area contributed by atoms with Gasteiger partial charge in [-0.25, -0.2) is 0 Å². The van der Waals surface area contributed by atoms with E-state index in [1.54, 1.807) is 0 Å². The second-order valence-corrected chi connectivity index (χ2v) is 9.34. The van der Waals surface area contributed by atoms with Gasteiger partial charge in [0.25, 0.3) is 0 Å². The van der Waals surface area contributed by atoms with Gasteiger partial charge < -0.3 is 5.32 Å². The third kappa shape index (κ3) is 3.13. The number of nitrogens with zero attached hydrogens (tertiary/aromatic N) is 1. The van der Waals surface area contributed by atoms with E-state index in [4.69, 9.17) is 0 Å². The minimum Gasteiger partial charge on any atom is -0.308 e. The van der Waals surface area contributed by atoms with Crippen molar-refractivity contribution >= 4 is 27.3 Å². The Morgan fingerprint density at radius 2 is 2.15 bits per heavy atom. The second kappa shape index (κ2) is 6.07. The summed E-state index contributed by atoms with van der Waals surface area (Å²) in [5.74, 6) is 0.713. The van der Waals surface area contributed by atoms with E-state index < -0.39 is 0 Å². The Bertz CT molecular complexity index is 451. The molecule has 4 heteroatoms. The highest BCUT2D eigenvalue weighted by Crippen LogP contribution is 2.35. The Balaban J connectivity index is 1.75. The van der Waals surface area contributed by atoms with E-state index in [-0.39, 0.29) is 0 Å². The lowest BCUT2D eigenvalue weighted by Crippen LogP contribution is -2.63. The summed E-state index contributed by atoms with van der Waals surface area (Å²) in [7, 11) is 0. The fourth-order valence-corrected chi connectivity index (χ4v) is 5.38. The summed E-state index contributed by atoms with van der Waals surface area (Å²) in [4.78, 5) is 4.22. The van der Waals surface area contributed by atoms with Crippen molar-refractivity contribution in [3.63, 3.8) is 0 Å². The molecular weight excluding hydrogens is 332 g/mol. The first-order valence-electron chi connectivity index (χ1n) is 7.81. The largest absolute Gasteiger partial charge is 0.308 e. The van der Waals surface area contributed by atoms with Crippen molar-refractivity contribution in [2.45, 2.75) is 57.7 Å². The highest BCUT2D eigenvalue weighted by Gasteiger charge is 2.41. The minimum atomic E-state index is 0.417. The molecule has 1 spiro atoms. The summed E-state index contributed by atoms with van der Waals surface area (Å²) < 4.78 is 1.25. The van der Waals surface area contributed by atoms with Crippen LogP contribution in [0.4, 0.5) is 0 Å². The molecule has 1 saturated heterocycles. The van der Waals surface area contributed by atoms with Crippen molar-refractivity contribution in [2.75, 3.05) is 13.1 Å². The minimum absolute atomic E-state index is 0.417. The van der Waals surface area contributed by atoms with Gasteiger partial charge in [0.15, 0.2) is 0 Å². The number of thiophene rings is 1. The lowest BCUT2D eigenvalue weighted by Gasteiger charge is -2.47. The molecule has 2 heterocycles. The Morgan fingerprint density at radius 1 is 1.40 bits per heavy atom. The predicted octanol–water partition coefficient (Wildman–Crippen LogP) is 4.25. The smallest absolute Gasteiger partial charge is 0.0701 e. The summed E-state index contributed by atoms with van der Waals surface area (Å²) in [6, 6.07) is 5.12. The number of hydrogen-bond acceptors (Lipinski definition) is 3. The van der Waals surface area contributed by atoms with Gasteiger partial charge in [0.1, 0.15) is 0 Å². The molecule has 1 aliphatic heterocycles. The van der Waals surface area contributed by atoms with Crippen LogP contribution in [-0.4, -0.2) is 29.6 Å². The molecule has 1 unspecified atom stereocenters. The number of hydrogen-bond donors (Lipinski definition) is 1. The predicted molar refractivity (Wildman–Crippen MR) is 90.3 cm³/mol. The first-order chi connectivity index (χ1) is 9.58. The summed E-state index contributed by atoms with van der Waals surface area (Å²) >= 11 is 5.47. The molecule has 1 N–H and O–H groups in total. The van der Waals surface area contributed by atoms with Gasteiger partial charge in [-0.15, -0.1) is 11.3 Å². The van der Waals surface area contributed by atoms with Crippen LogP contribution in [0.1, 0.15) is 44.4 Å². The summed E-state index contributed by atoms with van der Waals surface area (Å²) in [5, 5.41) is 3.90. The third-order valence-corrected chi connectivity index (χ3v) is 6.59. The van der Waals surface area contributed by atoms with Crippen LogP contribution in [0.15, 0.2) is 15.9 Å². The molecule has 0 amide bonds. The van der Waals surface area contributed by atoms with Crippen molar-refractivity contribution < 1.29 is 0 Å². The quantitative estimate of drug-likeness (QED) is 0.870. The molecule has 1 aliphatic carbocycles. The molecule has 1 saturated carbocycles. The van der Waals surface area contributed by atoms with Crippen molar-refractivity contribution in [2.24, 2.45) is 5.92 Å². The Morgan fingerprint density at radius 3 is 2.75 bits per heavy atom. The van der Waals surface area contributed by atoms with Gasteiger partial charge >= 0.3 is 0 Å². The van der Waals surface area contributed by atoms with Crippen LogP contribution < -0.4 is 5.32 Å². The molecule has 0 bridgehead atoms. The number of piperazine rings is 1. The fraction of sp³-hybridized carbons (Fsp3) is 0.750. The second-order valence-electron chi connectivity index (χ2n) is 6.79. The Hall–Kier alpha value is 0.1000. The zero-order valence-corrected chi connectivity index (χ0v) is 14.9. The molecule has 0 radical (unpaired) electrons. The van der Waals surface area contributed by atoms with Crippen molar-refractivity contribution in [3.8, 4) is 0 Å². The molecule has 2 aliphatic rings. The molecule has 112 valence electrons. The monoisotopic (exact) mass is 356 g/mol. The Labute approximate surface area is 135 Å². The molecule has 1 aromatic rings. The molecule has 1 atom stereocenters. The van der Waals surface area contributed by atoms with E-state index >= 15 is 0 Å². The van der Waals surface area contributed by atoms with E-state index in [2.05, 4.69) is 52.1 Å². The zero-order valence-electron chi connectivity index (χ0n) is 12.5. The van der Waals surface area contributed by atoms with Gasteiger partial charge in [0.05, 0.1) is 3.79 Å². The van der Waals surface area contributed by atoms with E-state index in [9.17, 15) is 0 Å². The number of rotatable bonds is 3. The molecule has 2 fully saturated rings. The third-order valence-electron chi connectivity index (χ3n) is 4.98. The summed E-state index contributed by atoms with van der Waals surface area (Å²) in [6.07, 6.45) is 5.53.